The quantitative estimate of drug-likeness (QED) is 0.620. The summed E-state index contributed by atoms with van der Waals surface area (Å²) in [5.41, 5.74) is -0.0873. The maximum absolute atomic E-state index is 10.5. The molecule has 0 spiro atoms. The largest absolute Gasteiger partial charge is 0.354 e. The van der Waals surface area contributed by atoms with Gasteiger partial charge in [-0.1, -0.05) is 6.92 Å². The molecule has 1 aliphatic rings. The summed E-state index contributed by atoms with van der Waals surface area (Å²) in [7, 11) is 0. The van der Waals surface area contributed by atoms with Gasteiger partial charge >= 0.3 is 5.69 Å². The average molecular weight is 265 g/mol. The molecule has 7 heteroatoms. The molecule has 19 heavy (non-hydrogen) atoms. The lowest BCUT2D eigenvalue weighted by Gasteiger charge is -2.20. The molecule has 104 valence electrons. The van der Waals surface area contributed by atoms with E-state index in [2.05, 4.69) is 27.1 Å². The zero-order chi connectivity index (χ0) is 13.7. The van der Waals surface area contributed by atoms with Crippen LogP contribution in [0.5, 0.6) is 0 Å². The Labute approximate surface area is 112 Å². The van der Waals surface area contributed by atoms with Gasteiger partial charge in [-0.15, -0.1) is 0 Å². The highest BCUT2D eigenvalue weighted by Gasteiger charge is 2.14. The molecule has 0 aromatic carbocycles. The van der Waals surface area contributed by atoms with Crippen LogP contribution in [0.1, 0.15) is 19.8 Å². The van der Waals surface area contributed by atoms with Crippen LogP contribution in [0.15, 0.2) is 12.4 Å². The molecule has 1 aromatic rings. The molecule has 1 unspecified atom stereocenters. The molecule has 1 aromatic heterocycles. The summed E-state index contributed by atoms with van der Waals surface area (Å²) in [4.78, 5) is 20.3. The first-order chi connectivity index (χ1) is 9.15. The molecule has 0 aliphatic carbocycles. The Morgan fingerprint density at radius 2 is 2.05 bits per heavy atom. The summed E-state index contributed by atoms with van der Waals surface area (Å²) in [6.07, 6.45) is 5.04. The van der Waals surface area contributed by atoms with Crippen molar-refractivity contribution in [2.45, 2.75) is 19.8 Å². The molecule has 0 amide bonds. The third-order valence-corrected chi connectivity index (χ3v) is 3.23. The minimum Gasteiger partial charge on any atom is -0.354 e. The molecule has 0 bridgehead atoms. The molecular formula is C12H19N5O2. The fraction of sp³-hybridized carbons (Fsp3) is 0.667. The predicted octanol–water partition coefficient (Wildman–Crippen LogP) is 1.53. The molecule has 1 aliphatic heterocycles. The Bertz CT molecular complexity index is 417. The van der Waals surface area contributed by atoms with Crippen LogP contribution in [-0.2, 0) is 0 Å². The van der Waals surface area contributed by atoms with E-state index in [0.29, 0.717) is 11.9 Å². The Balaban J connectivity index is 1.76. The van der Waals surface area contributed by atoms with Crippen LogP contribution in [0.4, 0.5) is 11.6 Å². The van der Waals surface area contributed by atoms with Crippen molar-refractivity contribution >= 4 is 11.6 Å². The van der Waals surface area contributed by atoms with Crippen LogP contribution in [-0.4, -0.2) is 46.0 Å². The van der Waals surface area contributed by atoms with Gasteiger partial charge in [0, 0.05) is 13.1 Å². The lowest BCUT2D eigenvalue weighted by Crippen LogP contribution is -2.29. The van der Waals surface area contributed by atoms with Crippen LogP contribution in [0, 0.1) is 16.0 Å². The van der Waals surface area contributed by atoms with Crippen LogP contribution in [0.25, 0.3) is 0 Å². The summed E-state index contributed by atoms with van der Waals surface area (Å²) in [6, 6.07) is 0. The van der Waals surface area contributed by atoms with Crippen molar-refractivity contribution in [3.63, 3.8) is 0 Å². The molecule has 2 heterocycles. The Morgan fingerprint density at radius 1 is 1.42 bits per heavy atom. The second kappa shape index (κ2) is 6.42. The van der Waals surface area contributed by atoms with Gasteiger partial charge in [-0.05, 0) is 31.8 Å². The van der Waals surface area contributed by atoms with Gasteiger partial charge in [0.25, 0.3) is 0 Å². The molecule has 1 N–H and O–H groups in total. The molecular weight excluding hydrogens is 246 g/mol. The normalized spacial score (nSPS) is 17.3. The molecule has 7 nitrogen and oxygen atoms in total. The maximum Gasteiger partial charge on any atom is 0.305 e. The number of nitrogens with zero attached hydrogens (tertiary/aromatic N) is 4. The van der Waals surface area contributed by atoms with Gasteiger partial charge in [0.15, 0.2) is 0 Å². The molecule has 2 rings (SSSR count). The first kappa shape index (κ1) is 13.7. The van der Waals surface area contributed by atoms with E-state index in [1.807, 2.05) is 0 Å². The highest BCUT2D eigenvalue weighted by molar-refractivity contribution is 5.30. The van der Waals surface area contributed by atoms with E-state index in [9.17, 15) is 10.1 Å². The molecule has 1 saturated heterocycles. The van der Waals surface area contributed by atoms with Gasteiger partial charge in [-0.25, -0.2) is 9.97 Å². The fourth-order valence-corrected chi connectivity index (χ4v) is 2.24. The van der Waals surface area contributed by atoms with E-state index in [0.717, 1.165) is 13.1 Å². The number of aromatic nitrogens is 2. The van der Waals surface area contributed by atoms with Crippen LogP contribution in [0.3, 0.4) is 0 Å². The number of anilines is 1. The summed E-state index contributed by atoms with van der Waals surface area (Å²) in [5, 5.41) is 13.6. The Morgan fingerprint density at radius 3 is 2.63 bits per heavy atom. The zero-order valence-electron chi connectivity index (χ0n) is 11.1. The van der Waals surface area contributed by atoms with E-state index < -0.39 is 4.92 Å². The molecule has 0 saturated carbocycles. The standard InChI is InChI=1S/C12H19N5O2/c1-10(9-16-4-2-3-5-16)6-13-12-14-7-11(8-15-12)17(18)19/h7-8,10H,2-6,9H2,1H3,(H,13,14,15). The van der Waals surface area contributed by atoms with Crippen LogP contribution >= 0.6 is 0 Å². The highest BCUT2D eigenvalue weighted by Crippen LogP contribution is 2.11. The van der Waals surface area contributed by atoms with Gasteiger partial charge in [0.05, 0.1) is 4.92 Å². The predicted molar refractivity (Wildman–Crippen MR) is 72.0 cm³/mol. The molecule has 0 radical (unpaired) electrons. The van der Waals surface area contributed by atoms with E-state index in [1.165, 1.54) is 38.3 Å². The van der Waals surface area contributed by atoms with Gasteiger partial charge in [0.1, 0.15) is 12.4 Å². The summed E-state index contributed by atoms with van der Waals surface area (Å²) in [6.45, 7) is 6.40. The smallest absolute Gasteiger partial charge is 0.305 e. The molecule has 1 fully saturated rings. The van der Waals surface area contributed by atoms with Crippen molar-refractivity contribution in [1.82, 2.24) is 14.9 Å². The third kappa shape index (κ3) is 4.13. The number of hydrogen-bond donors (Lipinski definition) is 1. The van der Waals surface area contributed by atoms with Gasteiger partial charge in [-0.3, -0.25) is 10.1 Å². The van der Waals surface area contributed by atoms with Crippen LogP contribution < -0.4 is 5.32 Å². The molecule has 1 atom stereocenters. The maximum atomic E-state index is 10.5. The first-order valence-corrected chi connectivity index (χ1v) is 6.58. The van der Waals surface area contributed by atoms with Crippen molar-refractivity contribution < 1.29 is 4.92 Å². The third-order valence-electron chi connectivity index (χ3n) is 3.23. The second-order valence-corrected chi connectivity index (χ2v) is 5.02. The fourth-order valence-electron chi connectivity index (χ4n) is 2.24. The van der Waals surface area contributed by atoms with E-state index >= 15 is 0 Å². The van der Waals surface area contributed by atoms with Crippen molar-refractivity contribution in [3.8, 4) is 0 Å². The summed E-state index contributed by atoms with van der Waals surface area (Å²) in [5.74, 6) is 0.941. The van der Waals surface area contributed by atoms with Gasteiger partial charge < -0.3 is 10.2 Å². The minimum absolute atomic E-state index is 0.0873. The first-order valence-electron chi connectivity index (χ1n) is 6.58. The van der Waals surface area contributed by atoms with E-state index in [-0.39, 0.29) is 5.69 Å². The monoisotopic (exact) mass is 265 g/mol. The van der Waals surface area contributed by atoms with E-state index in [1.54, 1.807) is 0 Å². The van der Waals surface area contributed by atoms with Crippen molar-refractivity contribution in [3.05, 3.63) is 22.5 Å². The summed E-state index contributed by atoms with van der Waals surface area (Å²) >= 11 is 0. The SMILES string of the molecule is CC(CNc1ncc([N+](=O)[O-])cn1)CN1CCCC1. The number of nitro groups is 1. The van der Waals surface area contributed by atoms with Gasteiger partial charge in [0.2, 0.25) is 5.95 Å². The summed E-state index contributed by atoms with van der Waals surface area (Å²) < 4.78 is 0. The number of hydrogen-bond acceptors (Lipinski definition) is 6. The minimum atomic E-state index is -0.500. The zero-order valence-corrected chi connectivity index (χ0v) is 11.1. The second-order valence-electron chi connectivity index (χ2n) is 5.02. The van der Waals surface area contributed by atoms with Crippen molar-refractivity contribution in [1.29, 1.82) is 0 Å². The lowest BCUT2D eigenvalue weighted by atomic mass is 10.1. The Kier molecular flexibility index (Phi) is 4.62. The topological polar surface area (TPSA) is 84.2 Å². The van der Waals surface area contributed by atoms with Crippen molar-refractivity contribution in [2.75, 3.05) is 31.5 Å². The number of likely N-dealkylation sites (tertiary alicyclic amines) is 1. The number of rotatable bonds is 6. The van der Waals surface area contributed by atoms with E-state index in [4.69, 9.17) is 0 Å². The van der Waals surface area contributed by atoms with Gasteiger partial charge in [-0.2, -0.15) is 0 Å². The highest BCUT2D eigenvalue weighted by atomic mass is 16.6. The van der Waals surface area contributed by atoms with Crippen LogP contribution in [0.2, 0.25) is 0 Å². The van der Waals surface area contributed by atoms with Crippen molar-refractivity contribution in [2.24, 2.45) is 5.92 Å². The lowest BCUT2D eigenvalue weighted by molar-refractivity contribution is -0.385. The number of nitrogens with one attached hydrogen (secondary N) is 1. The Hall–Kier alpha value is -1.76. The average Bonchev–Trinajstić information content (AvgIpc) is 2.89.